The third kappa shape index (κ3) is 45.4. The van der Waals surface area contributed by atoms with Crippen molar-refractivity contribution in [1.82, 2.24) is 0 Å². The second-order valence-corrected chi connectivity index (χ2v) is 15.8. The highest BCUT2D eigenvalue weighted by molar-refractivity contribution is 5.71. The molecule has 0 heterocycles. The van der Waals surface area contributed by atoms with Crippen LogP contribution in [0.3, 0.4) is 0 Å². The quantitative estimate of drug-likeness (QED) is 0.0200. The molecule has 1 unspecified atom stereocenters. The summed E-state index contributed by atoms with van der Waals surface area (Å²) in [6.07, 6.45) is 62.5. The van der Waals surface area contributed by atoms with Crippen molar-refractivity contribution < 1.29 is 28.6 Å². The summed E-state index contributed by atoms with van der Waals surface area (Å²) in [7, 11) is 0. The van der Waals surface area contributed by atoms with Gasteiger partial charge in [0.15, 0.2) is 6.10 Å². The number of esters is 3. The molecular weight excluding hydrogens is 745 g/mol. The van der Waals surface area contributed by atoms with Crippen LogP contribution >= 0.6 is 0 Å². The maximum Gasteiger partial charge on any atom is 0.306 e. The zero-order chi connectivity index (χ0) is 43.7. The molecular formula is C54H88O6. The highest BCUT2D eigenvalue weighted by Gasteiger charge is 2.19. The SMILES string of the molecule is CC/C=C/C=C/C=C/C=C/C=C/CCCC(=O)OCC(COC(=O)CCCCCCCC/C=C/C=C/CCCCC)OC(=O)CCCCC/C=C/CCCCCCCCC. The smallest absolute Gasteiger partial charge is 0.306 e. The molecule has 1 atom stereocenters. The molecule has 0 aromatic carbocycles. The molecule has 0 aromatic heterocycles. The van der Waals surface area contributed by atoms with E-state index in [0.29, 0.717) is 12.8 Å². The first-order valence-corrected chi connectivity index (χ1v) is 24.3. The molecule has 0 spiro atoms. The summed E-state index contributed by atoms with van der Waals surface area (Å²) in [4.78, 5) is 37.8. The van der Waals surface area contributed by atoms with Crippen molar-refractivity contribution in [2.75, 3.05) is 13.2 Å². The molecule has 0 saturated carbocycles. The number of ether oxygens (including phenoxy) is 3. The van der Waals surface area contributed by atoms with Crippen LogP contribution in [0, 0.1) is 0 Å². The lowest BCUT2D eigenvalue weighted by Crippen LogP contribution is -2.30. The van der Waals surface area contributed by atoms with Crippen LogP contribution < -0.4 is 0 Å². The summed E-state index contributed by atoms with van der Waals surface area (Å²) in [6.45, 7) is 6.35. The first-order valence-electron chi connectivity index (χ1n) is 24.3. The predicted molar refractivity (Wildman–Crippen MR) is 256 cm³/mol. The Labute approximate surface area is 368 Å². The highest BCUT2D eigenvalue weighted by atomic mass is 16.6. The number of unbranched alkanes of at least 4 members (excludes halogenated alkanes) is 20. The molecule has 6 heteroatoms. The van der Waals surface area contributed by atoms with Gasteiger partial charge in [-0.3, -0.25) is 14.4 Å². The van der Waals surface area contributed by atoms with Gasteiger partial charge in [-0.1, -0.05) is 201 Å². The number of carbonyl (C=O) groups excluding carboxylic acids is 3. The fourth-order valence-electron chi connectivity index (χ4n) is 6.28. The van der Waals surface area contributed by atoms with Crippen molar-refractivity contribution in [3.8, 4) is 0 Å². The van der Waals surface area contributed by atoms with Gasteiger partial charge in [-0.2, -0.15) is 0 Å². The molecule has 0 N–H and O–H groups in total. The largest absolute Gasteiger partial charge is 0.462 e. The molecule has 0 aromatic rings. The van der Waals surface area contributed by atoms with E-state index in [0.717, 1.165) is 77.0 Å². The van der Waals surface area contributed by atoms with E-state index in [9.17, 15) is 14.4 Å². The third-order valence-electron chi connectivity index (χ3n) is 9.95. The van der Waals surface area contributed by atoms with E-state index < -0.39 is 6.10 Å². The normalized spacial score (nSPS) is 12.9. The molecule has 0 rings (SSSR count). The Morgan fingerprint density at radius 2 is 0.683 bits per heavy atom. The minimum Gasteiger partial charge on any atom is -0.462 e. The topological polar surface area (TPSA) is 78.9 Å². The van der Waals surface area contributed by atoms with Crippen LogP contribution in [-0.4, -0.2) is 37.2 Å². The predicted octanol–water partition coefficient (Wildman–Crippen LogP) is 15.8. The van der Waals surface area contributed by atoms with Gasteiger partial charge in [0.1, 0.15) is 13.2 Å². The average Bonchev–Trinajstić information content (AvgIpc) is 3.24. The van der Waals surface area contributed by atoms with Crippen molar-refractivity contribution in [3.05, 3.63) is 97.2 Å². The number of allylic oxidation sites excluding steroid dienone is 16. The minimum atomic E-state index is -0.818. The second-order valence-electron chi connectivity index (χ2n) is 15.8. The van der Waals surface area contributed by atoms with Crippen molar-refractivity contribution in [2.45, 2.75) is 213 Å². The van der Waals surface area contributed by atoms with E-state index in [1.165, 1.54) is 83.5 Å². The van der Waals surface area contributed by atoms with Crippen LogP contribution in [0.2, 0.25) is 0 Å². The Hall–Kier alpha value is -3.67. The number of hydrogen-bond acceptors (Lipinski definition) is 6. The van der Waals surface area contributed by atoms with Crippen LogP contribution in [0.15, 0.2) is 97.2 Å². The van der Waals surface area contributed by atoms with Crippen molar-refractivity contribution in [1.29, 1.82) is 0 Å². The van der Waals surface area contributed by atoms with Gasteiger partial charge >= 0.3 is 17.9 Å². The number of rotatable bonds is 42. The zero-order valence-electron chi connectivity index (χ0n) is 38.7. The summed E-state index contributed by atoms with van der Waals surface area (Å²) in [5.41, 5.74) is 0. The first-order chi connectivity index (χ1) is 29.5. The van der Waals surface area contributed by atoms with Gasteiger partial charge in [-0.25, -0.2) is 0 Å². The summed E-state index contributed by atoms with van der Waals surface area (Å²) < 4.78 is 16.7. The lowest BCUT2D eigenvalue weighted by Gasteiger charge is -2.18. The van der Waals surface area contributed by atoms with Crippen molar-refractivity contribution >= 4 is 17.9 Å². The molecule has 0 fully saturated rings. The molecule has 0 saturated heterocycles. The van der Waals surface area contributed by atoms with E-state index in [2.05, 4.69) is 63.3 Å². The van der Waals surface area contributed by atoms with Crippen LogP contribution in [-0.2, 0) is 28.6 Å². The molecule has 6 nitrogen and oxygen atoms in total. The van der Waals surface area contributed by atoms with Crippen LogP contribution in [0.5, 0.6) is 0 Å². The van der Waals surface area contributed by atoms with Gasteiger partial charge < -0.3 is 14.2 Å². The van der Waals surface area contributed by atoms with Crippen LogP contribution in [0.25, 0.3) is 0 Å². The van der Waals surface area contributed by atoms with E-state index in [1.54, 1.807) is 0 Å². The fraction of sp³-hybridized carbons (Fsp3) is 0.648. The van der Waals surface area contributed by atoms with Gasteiger partial charge in [-0.05, 0) is 83.5 Å². The maximum atomic E-state index is 12.8. The lowest BCUT2D eigenvalue weighted by atomic mass is 10.1. The number of carbonyl (C=O) groups is 3. The average molecular weight is 833 g/mol. The van der Waals surface area contributed by atoms with E-state index in [4.69, 9.17) is 14.2 Å². The van der Waals surface area contributed by atoms with Gasteiger partial charge in [-0.15, -0.1) is 0 Å². The zero-order valence-corrected chi connectivity index (χ0v) is 38.7. The second kappa shape index (κ2) is 48.0. The highest BCUT2D eigenvalue weighted by Crippen LogP contribution is 2.13. The molecule has 0 radical (unpaired) electrons. The van der Waals surface area contributed by atoms with Crippen molar-refractivity contribution in [2.24, 2.45) is 0 Å². The Kier molecular flexibility index (Phi) is 45.1. The van der Waals surface area contributed by atoms with Crippen molar-refractivity contribution in [3.63, 3.8) is 0 Å². The molecule has 0 aliphatic rings. The van der Waals surface area contributed by atoms with Gasteiger partial charge in [0.2, 0.25) is 0 Å². The van der Waals surface area contributed by atoms with Gasteiger partial charge in [0.05, 0.1) is 0 Å². The molecule has 0 aliphatic carbocycles. The van der Waals surface area contributed by atoms with Crippen LogP contribution in [0.1, 0.15) is 207 Å². The Morgan fingerprint density at radius 1 is 0.350 bits per heavy atom. The summed E-state index contributed by atoms with van der Waals surface area (Å²) in [5.74, 6) is -1.02. The van der Waals surface area contributed by atoms with Crippen LogP contribution in [0.4, 0.5) is 0 Å². The first kappa shape index (κ1) is 56.3. The standard InChI is InChI=1S/C54H88O6/c1-4-7-10-13-16-19-22-25-27-30-32-35-38-41-44-47-53(56)59-50-51(49-58-52(55)46-43-40-37-34-31-28-24-21-18-15-12-9-6-3)60-54(57)48-45-42-39-36-33-29-26-23-20-17-14-11-8-5-2/h9,12,15-16,18-19,21-22,24-25,28-29,31,33-34,37,51H,4-8,10-11,13-14,17,20,23,26-27,30,32,35-36,38-50H2,1-3H3/b12-9+,18-15+,19-16+,24-21+,25-22+,31-28+,33-29+,37-34+. The van der Waals surface area contributed by atoms with Gasteiger partial charge in [0, 0.05) is 19.3 Å². The Balaban J connectivity index is 4.54. The molecule has 60 heavy (non-hydrogen) atoms. The molecule has 0 bridgehead atoms. The Morgan fingerprint density at radius 3 is 1.20 bits per heavy atom. The van der Waals surface area contributed by atoms with Gasteiger partial charge in [0.25, 0.3) is 0 Å². The van der Waals surface area contributed by atoms with E-state index in [-0.39, 0.29) is 44.0 Å². The third-order valence-corrected chi connectivity index (χ3v) is 9.95. The monoisotopic (exact) mass is 833 g/mol. The van der Waals surface area contributed by atoms with E-state index >= 15 is 0 Å². The molecule has 0 amide bonds. The lowest BCUT2D eigenvalue weighted by molar-refractivity contribution is -0.167. The number of hydrogen-bond donors (Lipinski definition) is 0. The molecule has 0 aliphatic heterocycles. The fourth-order valence-corrected chi connectivity index (χ4v) is 6.28. The van der Waals surface area contributed by atoms with E-state index in [1.807, 2.05) is 54.7 Å². The minimum absolute atomic E-state index is 0.114. The summed E-state index contributed by atoms with van der Waals surface area (Å²) in [5, 5.41) is 0. The summed E-state index contributed by atoms with van der Waals surface area (Å²) in [6, 6.07) is 0. The summed E-state index contributed by atoms with van der Waals surface area (Å²) >= 11 is 0. The maximum absolute atomic E-state index is 12.8. The molecule has 340 valence electrons. The Bertz CT molecular complexity index is 1230.